The van der Waals surface area contributed by atoms with Crippen LogP contribution in [0.4, 0.5) is 0 Å². The molecule has 0 bridgehead atoms. The molecule has 0 saturated heterocycles. The first-order valence-electron chi connectivity index (χ1n) is 10.4. The Bertz CT molecular complexity index is 809. The van der Waals surface area contributed by atoms with Gasteiger partial charge in [0.05, 0.1) is 12.5 Å². The third kappa shape index (κ3) is 13.8. The maximum atomic E-state index is 12.8. The molecule has 0 saturated carbocycles. The topological polar surface area (TPSA) is 268 Å². The highest BCUT2D eigenvalue weighted by Crippen LogP contribution is 2.06. The Morgan fingerprint density at radius 1 is 0.743 bits per heavy atom. The number of nitrogens with one attached hydrogen (secondary N) is 3. The van der Waals surface area contributed by atoms with Crippen LogP contribution in [-0.4, -0.2) is 93.0 Å². The second-order valence-electron chi connectivity index (χ2n) is 7.44. The van der Waals surface area contributed by atoms with E-state index in [1.807, 2.05) is 0 Å². The lowest BCUT2D eigenvalue weighted by atomic mass is 10.1. The van der Waals surface area contributed by atoms with Gasteiger partial charge in [0.2, 0.25) is 23.6 Å². The molecule has 0 rings (SSSR count). The molecule has 16 heteroatoms. The SMILES string of the molecule is CSCCC(NC(=O)C(N)CC(=O)O)C(=O)NC(CCC(N)=O)C(=O)NC(CCC(=O)O)C(=O)O. The van der Waals surface area contributed by atoms with Crippen LogP contribution in [0.2, 0.25) is 0 Å². The Morgan fingerprint density at radius 3 is 1.69 bits per heavy atom. The molecule has 0 spiro atoms. The van der Waals surface area contributed by atoms with Gasteiger partial charge >= 0.3 is 17.9 Å². The van der Waals surface area contributed by atoms with E-state index >= 15 is 0 Å². The molecule has 15 nitrogen and oxygen atoms in total. The van der Waals surface area contributed by atoms with Gasteiger partial charge in [-0.05, 0) is 31.3 Å². The van der Waals surface area contributed by atoms with E-state index in [4.69, 9.17) is 21.7 Å². The number of amides is 4. The lowest BCUT2D eigenvalue weighted by Crippen LogP contribution is -2.57. The summed E-state index contributed by atoms with van der Waals surface area (Å²) < 4.78 is 0. The predicted octanol–water partition coefficient (Wildman–Crippen LogP) is -2.79. The Labute approximate surface area is 204 Å². The molecule has 0 radical (unpaired) electrons. The Balaban J connectivity index is 5.55. The number of carbonyl (C=O) groups excluding carboxylic acids is 4. The zero-order valence-electron chi connectivity index (χ0n) is 19.0. The van der Waals surface area contributed by atoms with Crippen LogP contribution >= 0.6 is 11.8 Å². The van der Waals surface area contributed by atoms with E-state index in [-0.39, 0.29) is 19.3 Å². The number of rotatable bonds is 18. The van der Waals surface area contributed by atoms with Crippen molar-refractivity contribution in [1.82, 2.24) is 16.0 Å². The Kier molecular flexibility index (Phi) is 14.7. The van der Waals surface area contributed by atoms with Crippen molar-refractivity contribution < 1.29 is 48.9 Å². The van der Waals surface area contributed by atoms with Crippen molar-refractivity contribution in [3.05, 3.63) is 0 Å². The molecule has 0 aliphatic rings. The van der Waals surface area contributed by atoms with Crippen molar-refractivity contribution >= 4 is 53.3 Å². The van der Waals surface area contributed by atoms with Crippen molar-refractivity contribution in [1.29, 1.82) is 0 Å². The minimum absolute atomic E-state index is 0.0824. The number of nitrogens with two attached hydrogens (primary N) is 2. The third-order valence-electron chi connectivity index (χ3n) is 4.55. The molecular weight excluding hydrogens is 490 g/mol. The van der Waals surface area contributed by atoms with Gasteiger partial charge in [-0.15, -0.1) is 0 Å². The maximum Gasteiger partial charge on any atom is 0.326 e. The molecule has 0 aliphatic heterocycles. The number of hydrogen-bond acceptors (Lipinski definition) is 9. The highest BCUT2D eigenvalue weighted by atomic mass is 32.2. The first-order chi connectivity index (χ1) is 16.3. The molecule has 4 unspecified atom stereocenters. The third-order valence-corrected chi connectivity index (χ3v) is 5.19. The smallest absolute Gasteiger partial charge is 0.326 e. The molecule has 0 aromatic rings. The predicted molar refractivity (Wildman–Crippen MR) is 122 cm³/mol. The number of carboxylic acids is 3. The molecule has 0 heterocycles. The van der Waals surface area contributed by atoms with Gasteiger partial charge in [-0.2, -0.15) is 11.8 Å². The molecular formula is C19H31N5O10S. The molecule has 0 fully saturated rings. The summed E-state index contributed by atoms with van der Waals surface area (Å²) in [7, 11) is 0. The van der Waals surface area contributed by atoms with Crippen LogP contribution in [0.3, 0.4) is 0 Å². The van der Waals surface area contributed by atoms with Gasteiger partial charge in [0.1, 0.15) is 18.1 Å². The second-order valence-corrected chi connectivity index (χ2v) is 8.43. The number of carboxylic acid groups (broad SMARTS) is 3. The van der Waals surface area contributed by atoms with Crippen LogP contribution in [0.15, 0.2) is 0 Å². The van der Waals surface area contributed by atoms with Crippen LogP contribution in [0.25, 0.3) is 0 Å². The minimum atomic E-state index is -1.58. The lowest BCUT2D eigenvalue weighted by Gasteiger charge is -2.25. The summed E-state index contributed by atoms with van der Waals surface area (Å²) in [4.78, 5) is 81.8. The first kappa shape index (κ1) is 31.6. The summed E-state index contributed by atoms with van der Waals surface area (Å²) in [6, 6.07) is -5.67. The first-order valence-corrected chi connectivity index (χ1v) is 11.8. The molecule has 0 aliphatic carbocycles. The zero-order chi connectivity index (χ0) is 27.1. The van der Waals surface area contributed by atoms with Crippen molar-refractivity contribution in [2.45, 2.75) is 62.7 Å². The van der Waals surface area contributed by atoms with E-state index in [1.54, 1.807) is 6.26 Å². The van der Waals surface area contributed by atoms with E-state index in [0.29, 0.717) is 5.75 Å². The number of aliphatic carboxylic acids is 3. The van der Waals surface area contributed by atoms with E-state index < -0.39 is 85.0 Å². The molecule has 198 valence electrons. The number of primary amides is 1. The summed E-state index contributed by atoms with van der Waals surface area (Å²) in [6.45, 7) is 0. The van der Waals surface area contributed by atoms with Crippen molar-refractivity contribution in [2.75, 3.05) is 12.0 Å². The number of hydrogen-bond donors (Lipinski definition) is 8. The van der Waals surface area contributed by atoms with E-state index in [0.717, 1.165) is 0 Å². The van der Waals surface area contributed by atoms with Gasteiger partial charge in [-0.3, -0.25) is 28.8 Å². The second kappa shape index (κ2) is 16.3. The lowest BCUT2D eigenvalue weighted by molar-refractivity contribution is -0.143. The Morgan fingerprint density at radius 2 is 1.23 bits per heavy atom. The van der Waals surface area contributed by atoms with Gasteiger partial charge in [0.25, 0.3) is 0 Å². The van der Waals surface area contributed by atoms with Crippen molar-refractivity contribution in [3.8, 4) is 0 Å². The van der Waals surface area contributed by atoms with Gasteiger partial charge < -0.3 is 42.7 Å². The zero-order valence-corrected chi connectivity index (χ0v) is 19.8. The summed E-state index contributed by atoms with van der Waals surface area (Å²) >= 11 is 1.34. The normalized spacial score (nSPS) is 14.0. The number of thioether (sulfide) groups is 1. The summed E-state index contributed by atoms with van der Waals surface area (Å²) in [5.74, 6) is -7.30. The number of carbonyl (C=O) groups is 7. The maximum absolute atomic E-state index is 12.8. The van der Waals surface area contributed by atoms with Crippen molar-refractivity contribution in [3.63, 3.8) is 0 Å². The monoisotopic (exact) mass is 521 g/mol. The fraction of sp³-hybridized carbons (Fsp3) is 0.632. The van der Waals surface area contributed by atoms with Gasteiger partial charge in [-0.1, -0.05) is 0 Å². The van der Waals surface area contributed by atoms with E-state index in [2.05, 4.69) is 16.0 Å². The fourth-order valence-corrected chi connectivity index (χ4v) is 3.16. The highest BCUT2D eigenvalue weighted by molar-refractivity contribution is 7.98. The average molecular weight is 522 g/mol. The van der Waals surface area contributed by atoms with Crippen molar-refractivity contribution in [2.24, 2.45) is 11.5 Å². The van der Waals surface area contributed by atoms with E-state index in [1.165, 1.54) is 11.8 Å². The quantitative estimate of drug-likeness (QED) is 0.0909. The largest absolute Gasteiger partial charge is 0.481 e. The Hall–Kier alpha value is -3.40. The van der Waals surface area contributed by atoms with Gasteiger partial charge in [0, 0.05) is 12.8 Å². The molecule has 4 amide bonds. The van der Waals surface area contributed by atoms with Crippen LogP contribution in [0.1, 0.15) is 38.5 Å². The summed E-state index contributed by atoms with van der Waals surface area (Å²) in [5.41, 5.74) is 10.6. The van der Waals surface area contributed by atoms with Crippen LogP contribution < -0.4 is 27.4 Å². The van der Waals surface area contributed by atoms with E-state index in [9.17, 15) is 38.7 Å². The standard InChI is InChI=1S/C19H31N5O10S/c1-35-7-6-11(22-16(30)9(20)8-15(28)29)18(32)23-10(2-4-13(21)25)17(31)24-12(19(33)34)3-5-14(26)27/h9-12H,2-8,20H2,1H3,(H2,21,25)(H,22,30)(H,23,32)(H,24,31)(H,26,27)(H,28,29)(H,33,34). The van der Waals surface area contributed by atoms with Crippen LogP contribution in [0, 0.1) is 0 Å². The van der Waals surface area contributed by atoms with Gasteiger partial charge in [-0.25, -0.2) is 4.79 Å². The molecule has 4 atom stereocenters. The molecule has 35 heavy (non-hydrogen) atoms. The minimum Gasteiger partial charge on any atom is -0.481 e. The summed E-state index contributed by atoms with van der Waals surface area (Å²) in [6.07, 6.45) is -0.496. The van der Waals surface area contributed by atoms with Crippen LogP contribution in [-0.2, 0) is 33.6 Å². The molecule has 0 aromatic carbocycles. The average Bonchev–Trinajstić information content (AvgIpc) is 2.75. The van der Waals surface area contributed by atoms with Crippen LogP contribution in [0.5, 0.6) is 0 Å². The molecule has 10 N–H and O–H groups in total. The van der Waals surface area contributed by atoms with Gasteiger partial charge in [0.15, 0.2) is 0 Å². The summed E-state index contributed by atoms with van der Waals surface area (Å²) in [5, 5.41) is 33.5. The fourth-order valence-electron chi connectivity index (χ4n) is 2.69. The highest BCUT2D eigenvalue weighted by Gasteiger charge is 2.30. The molecule has 0 aromatic heterocycles.